The molecule has 1 unspecified atom stereocenters. The molecule has 2 aliphatic heterocycles. The van der Waals surface area contributed by atoms with Crippen LogP contribution >= 0.6 is 11.3 Å². The van der Waals surface area contributed by atoms with E-state index < -0.39 is 0 Å². The summed E-state index contributed by atoms with van der Waals surface area (Å²) in [5, 5.41) is 5.46. The number of carbonyl (C=O) groups is 1. The molecular formula is C16H25N3OS. The van der Waals surface area contributed by atoms with Gasteiger partial charge in [0.1, 0.15) is 6.04 Å². The van der Waals surface area contributed by atoms with E-state index in [9.17, 15) is 4.79 Å². The smallest absolute Gasteiger partial charge is 0.245 e. The van der Waals surface area contributed by atoms with Gasteiger partial charge >= 0.3 is 0 Å². The number of likely N-dealkylation sites (tertiary alicyclic amines) is 1. The van der Waals surface area contributed by atoms with E-state index in [1.54, 1.807) is 11.3 Å². The van der Waals surface area contributed by atoms with E-state index in [0.29, 0.717) is 5.91 Å². The molecule has 5 heteroatoms. The van der Waals surface area contributed by atoms with Crippen molar-refractivity contribution in [2.75, 3.05) is 39.3 Å². The molecule has 2 saturated heterocycles. The summed E-state index contributed by atoms with van der Waals surface area (Å²) in [6.45, 7) is 8.01. The number of nitrogens with one attached hydrogen (secondary N) is 1. The van der Waals surface area contributed by atoms with Gasteiger partial charge < -0.3 is 10.2 Å². The molecule has 1 atom stereocenters. The first kappa shape index (κ1) is 15.0. The number of hydrogen-bond donors (Lipinski definition) is 1. The third kappa shape index (κ3) is 3.47. The molecule has 1 amide bonds. The first-order valence-corrected chi connectivity index (χ1v) is 8.90. The SMILES string of the molecule is CC1CCN(C(=O)C(c2cccs2)N2CCNCC2)CC1. The molecule has 0 radical (unpaired) electrons. The van der Waals surface area contributed by atoms with Crippen LogP contribution in [0.5, 0.6) is 0 Å². The van der Waals surface area contributed by atoms with Crippen LogP contribution in [0.15, 0.2) is 17.5 Å². The number of amides is 1. The minimum atomic E-state index is -0.0690. The summed E-state index contributed by atoms with van der Waals surface area (Å²) in [6, 6.07) is 4.10. The Kier molecular flexibility index (Phi) is 4.93. The molecular weight excluding hydrogens is 282 g/mol. The van der Waals surface area contributed by atoms with Gasteiger partial charge in [-0.1, -0.05) is 13.0 Å². The zero-order valence-corrected chi connectivity index (χ0v) is 13.6. The second kappa shape index (κ2) is 6.90. The predicted molar refractivity (Wildman–Crippen MR) is 86.5 cm³/mol. The Morgan fingerprint density at radius 2 is 2.00 bits per heavy atom. The summed E-state index contributed by atoms with van der Waals surface area (Å²) in [5.74, 6) is 1.07. The Morgan fingerprint density at radius 3 is 2.62 bits per heavy atom. The topological polar surface area (TPSA) is 35.6 Å². The largest absolute Gasteiger partial charge is 0.341 e. The number of rotatable bonds is 3. The van der Waals surface area contributed by atoms with Crippen molar-refractivity contribution in [1.29, 1.82) is 0 Å². The Hall–Kier alpha value is -0.910. The molecule has 2 aliphatic rings. The van der Waals surface area contributed by atoms with Crippen molar-refractivity contribution >= 4 is 17.2 Å². The summed E-state index contributed by atoms with van der Waals surface area (Å²) in [6.07, 6.45) is 2.29. The summed E-state index contributed by atoms with van der Waals surface area (Å²) in [7, 11) is 0. The zero-order valence-electron chi connectivity index (χ0n) is 12.8. The fourth-order valence-electron chi connectivity index (χ4n) is 3.25. The molecule has 4 nitrogen and oxygen atoms in total. The molecule has 0 spiro atoms. The Balaban J connectivity index is 1.76. The van der Waals surface area contributed by atoms with Crippen molar-refractivity contribution in [3.8, 4) is 0 Å². The highest BCUT2D eigenvalue weighted by Crippen LogP contribution is 2.29. The van der Waals surface area contributed by atoms with Gasteiger partial charge in [-0.05, 0) is 30.2 Å². The van der Waals surface area contributed by atoms with E-state index in [-0.39, 0.29) is 6.04 Å². The maximum absolute atomic E-state index is 13.1. The van der Waals surface area contributed by atoms with E-state index >= 15 is 0 Å². The Morgan fingerprint density at radius 1 is 1.29 bits per heavy atom. The maximum atomic E-state index is 13.1. The van der Waals surface area contributed by atoms with Crippen LogP contribution in [0.3, 0.4) is 0 Å². The van der Waals surface area contributed by atoms with E-state index in [0.717, 1.165) is 58.0 Å². The maximum Gasteiger partial charge on any atom is 0.245 e. The minimum Gasteiger partial charge on any atom is -0.341 e. The number of piperidine rings is 1. The normalized spacial score (nSPS) is 23.2. The molecule has 1 aromatic heterocycles. The van der Waals surface area contributed by atoms with Gasteiger partial charge in [0.05, 0.1) is 0 Å². The number of piperazine rings is 1. The summed E-state index contributed by atoms with van der Waals surface area (Å²) >= 11 is 1.71. The van der Waals surface area contributed by atoms with Crippen LogP contribution in [0.2, 0.25) is 0 Å². The fourth-order valence-corrected chi connectivity index (χ4v) is 4.10. The second-order valence-electron chi connectivity index (χ2n) is 6.21. The molecule has 1 aromatic rings. The van der Waals surface area contributed by atoms with Gasteiger partial charge in [-0.15, -0.1) is 11.3 Å². The van der Waals surface area contributed by atoms with Gasteiger partial charge in [0.25, 0.3) is 0 Å². The molecule has 0 aliphatic carbocycles. The third-order valence-electron chi connectivity index (χ3n) is 4.66. The number of carbonyl (C=O) groups excluding carboxylic acids is 1. The molecule has 3 heterocycles. The number of hydrogen-bond acceptors (Lipinski definition) is 4. The van der Waals surface area contributed by atoms with Gasteiger partial charge in [0, 0.05) is 44.1 Å². The average Bonchev–Trinajstić information content (AvgIpc) is 3.03. The number of nitrogens with zero attached hydrogens (tertiary/aromatic N) is 2. The molecule has 3 rings (SSSR count). The monoisotopic (exact) mass is 307 g/mol. The van der Waals surface area contributed by atoms with Crippen LogP contribution in [0.25, 0.3) is 0 Å². The quantitative estimate of drug-likeness (QED) is 0.927. The Bertz CT molecular complexity index is 448. The molecule has 0 saturated carbocycles. The van der Waals surface area contributed by atoms with E-state index in [2.05, 4.69) is 39.6 Å². The van der Waals surface area contributed by atoms with Crippen molar-refractivity contribution in [2.45, 2.75) is 25.8 Å². The van der Waals surface area contributed by atoms with Crippen LogP contribution in [-0.2, 0) is 4.79 Å². The van der Waals surface area contributed by atoms with Crippen molar-refractivity contribution in [3.63, 3.8) is 0 Å². The first-order chi connectivity index (χ1) is 10.3. The van der Waals surface area contributed by atoms with Crippen LogP contribution in [0.4, 0.5) is 0 Å². The van der Waals surface area contributed by atoms with Crippen molar-refractivity contribution in [2.24, 2.45) is 5.92 Å². The lowest BCUT2D eigenvalue weighted by Gasteiger charge is -2.38. The van der Waals surface area contributed by atoms with Crippen LogP contribution in [0, 0.1) is 5.92 Å². The molecule has 0 bridgehead atoms. The lowest BCUT2D eigenvalue weighted by atomic mass is 9.98. The zero-order chi connectivity index (χ0) is 14.7. The van der Waals surface area contributed by atoms with Crippen LogP contribution in [-0.4, -0.2) is 55.0 Å². The van der Waals surface area contributed by atoms with Gasteiger partial charge in [0.15, 0.2) is 0 Å². The van der Waals surface area contributed by atoms with Gasteiger partial charge in [0.2, 0.25) is 5.91 Å². The lowest BCUT2D eigenvalue weighted by Crippen LogP contribution is -2.51. The summed E-state index contributed by atoms with van der Waals surface area (Å²) in [5.41, 5.74) is 0. The molecule has 21 heavy (non-hydrogen) atoms. The van der Waals surface area contributed by atoms with Crippen molar-refractivity contribution in [3.05, 3.63) is 22.4 Å². The van der Waals surface area contributed by atoms with E-state index in [4.69, 9.17) is 0 Å². The highest BCUT2D eigenvalue weighted by molar-refractivity contribution is 7.10. The second-order valence-corrected chi connectivity index (χ2v) is 7.19. The minimum absolute atomic E-state index is 0.0690. The summed E-state index contributed by atoms with van der Waals surface area (Å²) < 4.78 is 0. The average molecular weight is 307 g/mol. The van der Waals surface area contributed by atoms with Crippen molar-refractivity contribution < 1.29 is 4.79 Å². The molecule has 0 aromatic carbocycles. The number of thiophene rings is 1. The Labute approximate surface area is 131 Å². The standard InChI is InChI=1S/C16H25N3OS/c1-13-4-8-19(9-5-13)16(20)15(14-3-2-12-21-14)18-10-6-17-7-11-18/h2-3,12-13,15,17H,4-11H2,1H3. The molecule has 116 valence electrons. The van der Waals surface area contributed by atoms with Gasteiger partial charge in [-0.25, -0.2) is 0 Å². The van der Waals surface area contributed by atoms with E-state index in [1.165, 1.54) is 4.88 Å². The highest BCUT2D eigenvalue weighted by atomic mass is 32.1. The van der Waals surface area contributed by atoms with Gasteiger partial charge in [-0.2, -0.15) is 0 Å². The highest BCUT2D eigenvalue weighted by Gasteiger charge is 2.33. The molecule has 1 N–H and O–H groups in total. The van der Waals surface area contributed by atoms with Crippen LogP contribution in [0.1, 0.15) is 30.7 Å². The molecule has 2 fully saturated rings. The lowest BCUT2D eigenvalue weighted by molar-refractivity contribution is -0.138. The van der Waals surface area contributed by atoms with Gasteiger partial charge in [-0.3, -0.25) is 9.69 Å². The fraction of sp³-hybridized carbons (Fsp3) is 0.688. The predicted octanol–water partition coefficient (Wildman–Crippen LogP) is 1.95. The van der Waals surface area contributed by atoms with Crippen LogP contribution < -0.4 is 5.32 Å². The third-order valence-corrected chi connectivity index (χ3v) is 5.58. The summed E-state index contributed by atoms with van der Waals surface area (Å²) in [4.78, 5) is 18.7. The van der Waals surface area contributed by atoms with E-state index in [1.807, 2.05) is 0 Å². The van der Waals surface area contributed by atoms with Crippen molar-refractivity contribution in [1.82, 2.24) is 15.1 Å². The first-order valence-electron chi connectivity index (χ1n) is 8.02.